The summed E-state index contributed by atoms with van der Waals surface area (Å²) in [6.07, 6.45) is 2.02. The number of hydrogen-bond donors (Lipinski definition) is 2. The zero-order chi connectivity index (χ0) is 15.5. The first-order valence-electron chi connectivity index (χ1n) is 7.62. The van der Waals surface area contributed by atoms with Crippen LogP contribution in [0.1, 0.15) is 22.3 Å². The van der Waals surface area contributed by atoms with Crippen molar-refractivity contribution in [2.45, 2.75) is 12.8 Å². The van der Waals surface area contributed by atoms with Gasteiger partial charge in [-0.15, -0.1) is 0 Å². The van der Waals surface area contributed by atoms with Gasteiger partial charge in [0.15, 0.2) is 0 Å². The molecule has 1 atom stereocenters. The largest absolute Gasteiger partial charge is 0.481 e. The van der Waals surface area contributed by atoms with E-state index in [0.29, 0.717) is 18.7 Å². The number of nitrogens with one attached hydrogen (secondary N) is 1. The molecule has 0 aromatic heterocycles. The number of aliphatic carboxylic acids is 1. The molecular weight excluding hydrogens is 284 g/mol. The highest BCUT2D eigenvalue weighted by Crippen LogP contribution is 2.27. The highest BCUT2D eigenvalue weighted by molar-refractivity contribution is 6.00. The third-order valence-corrected chi connectivity index (χ3v) is 4.21. The van der Waals surface area contributed by atoms with Gasteiger partial charge in [0, 0.05) is 19.6 Å². The average molecular weight is 304 g/mol. The number of rotatable bonds is 2. The van der Waals surface area contributed by atoms with Crippen LogP contribution in [0.15, 0.2) is 18.2 Å². The summed E-state index contributed by atoms with van der Waals surface area (Å²) in [7, 11) is 0. The predicted molar refractivity (Wildman–Crippen MR) is 81.1 cm³/mol. The zero-order valence-electron chi connectivity index (χ0n) is 12.4. The van der Waals surface area contributed by atoms with Gasteiger partial charge in [-0.2, -0.15) is 0 Å². The predicted octanol–water partition coefficient (Wildman–Crippen LogP) is 1.22. The van der Waals surface area contributed by atoms with Crippen LogP contribution in [0.3, 0.4) is 0 Å². The summed E-state index contributed by atoms with van der Waals surface area (Å²) < 4.78 is 5.31. The number of carbonyl (C=O) groups is 2. The van der Waals surface area contributed by atoms with Gasteiger partial charge in [0.1, 0.15) is 0 Å². The van der Waals surface area contributed by atoms with Crippen LogP contribution in [0.5, 0.6) is 0 Å². The number of amides is 1. The van der Waals surface area contributed by atoms with Gasteiger partial charge in [-0.1, -0.05) is 12.1 Å². The first kappa shape index (κ1) is 14.8. The number of ether oxygens (including phenoxy) is 1. The van der Waals surface area contributed by atoms with Gasteiger partial charge in [0.25, 0.3) is 5.91 Å². The molecule has 2 N–H and O–H groups in total. The Kier molecular flexibility index (Phi) is 4.29. The monoisotopic (exact) mass is 304 g/mol. The Labute approximate surface area is 129 Å². The van der Waals surface area contributed by atoms with Crippen molar-refractivity contribution in [1.82, 2.24) is 4.90 Å². The molecule has 1 unspecified atom stereocenters. The summed E-state index contributed by atoms with van der Waals surface area (Å²) in [5, 5.41) is 12.5. The minimum absolute atomic E-state index is 0.122. The van der Waals surface area contributed by atoms with Crippen LogP contribution in [0, 0.1) is 5.92 Å². The van der Waals surface area contributed by atoms with Crippen molar-refractivity contribution in [2.24, 2.45) is 5.92 Å². The molecule has 6 nitrogen and oxygen atoms in total. The Morgan fingerprint density at radius 2 is 2.23 bits per heavy atom. The third-order valence-electron chi connectivity index (χ3n) is 4.21. The van der Waals surface area contributed by atoms with Crippen LogP contribution in [-0.2, 0) is 16.0 Å². The second-order valence-corrected chi connectivity index (χ2v) is 5.73. The Bertz CT molecular complexity index is 588. The molecule has 0 radical (unpaired) electrons. The molecule has 1 saturated heterocycles. The summed E-state index contributed by atoms with van der Waals surface area (Å²) in [6, 6.07) is 5.73. The summed E-state index contributed by atoms with van der Waals surface area (Å²) in [5.41, 5.74) is 2.68. The van der Waals surface area contributed by atoms with Crippen molar-refractivity contribution in [1.29, 1.82) is 0 Å². The first-order valence-corrected chi connectivity index (χ1v) is 7.62. The number of carboxylic acids is 1. The Morgan fingerprint density at radius 3 is 3.05 bits per heavy atom. The zero-order valence-corrected chi connectivity index (χ0v) is 12.4. The maximum atomic E-state index is 12.8. The van der Waals surface area contributed by atoms with E-state index in [1.807, 2.05) is 12.1 Å². The molecule has 2 aliphatic heterocycles. The first-order chi connectivity index (χ1) is 10.7. The maximum absolute atomic E-state index is 12.8. The van der Waals surface area contributed by atoms with Crippen molar-refractivity contribution >= 4 is 17.6 Å². The lowest BCUT2D eigenvalue weighted by Crippen LogP contribution is -2.38. The molecule has 2 heterocycles. The molecule has 118 valence electrons. The van der Waals surface area contributed by atoms with E-state index in [-0.39, 0.29) is 19.1 Å². The number of hydrogen-bond acceptors (Lipinski definition) is 4. The fourth-order valence-electron chi connectivity index (χ4n) is 3.00. The quantitative estimate of drug-likeness (QED) is 0.859. The van der Waals surface area contributed by atoms with E-state index in [1.54, 1.807) is 11.0 Å². The fourth-order valence-corrected chi connectivity index (χ4v) is 3.00. The number of nitrogens with zero attached hydrogens (tertiary/aromatic N) is 1. The Morgan fingerprint density at radius 1 is 1.36 bits per heavy atom. The molecule has 1 aromatic rings. The summed E-state index contributed by atoms with van der Waals surface area (Å²) >= 11 is 0. The minimum atomic E-state index is -0.923. The summed E-state index contributed by atoms with van der Waals surface area (Å²) in [4.78, 5) is 25.6. The molecule has 1 amide bonds. The fraction of sp³-hybridized carbons (Fsp3) is 0.500. The second-order valence-electron chi connectivity index (χ2n) is 5.73. The highest BCUT2D eigenvalue weighted by Gasteiger charge is 2.29. The van der Waals surface area contributed by atoms with Gasteiger partial charge in [0.2, 0.25) is 0 Å². The molecule has 22 heavy (non-hydrogen) atoms. The smallest absolute Gasteiger partial charge is 0.310 e. The molecule has 0 bridgehead atoms. The Balaban J connectivity index is 1.85. The summed E-state index contributed by atoms with van der Waals surface area (Å²) in [6.45, 7) is 2.00. The van der Waals surface area contributed by atoms with Crippen molar-refractivity contribution in [2.75, 3.05) is 38.2 Å². The third kappa shape index (κ3) is 2.92. The minimum Gasteiger partial charge on any atom is -0.481 e. The van der Waals surface area contributed by atoms with E-state index in [2.05, 4.69) is 5.32 Å². The van der Waals surface area contributed by atoms with E-state index >= 15 is 0 Å². The molecule has 2 aliphatic rings. The van der Waals surface area contributed by atoms with Gasteiger partial charge >= 0.3 is 5.97 Å². The number of carboxylic acid groups (broad SMARTS) is 1. The second kappa shape index (κ2) is 6.36. The van der Waals surface area contributed by atoms with Crippen LogP contribution < -0.4 is 5.32 Å². The van der Waals surface area contributed by atoms with E-state index in [0.717, 1.165) is 30.6 Å². The number of aryl methyl sites for hydroxylation is 1. The van der Waals surface area contributed by atoms with Crippen LogP contribution in [-0.4, -0.2) is 54.7 Å². The van der Waals surface area contributed by atoms with Gasteiger partial charge < -0.3 is 20.1 Å². The van der Waals surface area contributed by atoms with Gasteiger partial charge in [-0.05, 0) is 24.5 Å². The topological polar surface area (TPSA) is 78.9 Å². The van der Waals surface area contributed by atoms with E-state index < -0.39 is 11.9 Å². The number of benzene rings is 1. The molecule has 1 aromatic carbocycles. The van der Waals surface area contributed by atoms with Crippen molar-refractivity contribution in [3.63, 3.8) is 0 Å². The highest BCUT2D eigenvalue weighted by atomic mass is 16.5. The van der Waals surface area contributed by atoms with Crippen LogP contribution >= 0.6 is 0 Å². The molecule has 3 rings (SSSR count). The summed E-state index contributed by atoms with van der Waals surface area (Å²) in [5.74, 6) is -1.71. The van der Waals surface area contributed by atoms with Crippen LogP contribution in [0.25, 0.3) is 0 Å². The molecular formula is C16H20N2O4. The molecule has 0 aliphatic carbocycles. The van der Waals surface area contributed by atoms with Crippen molar-refractivity contribution in [3.05, 3.63) is 29.3 Å². The number of carbonyl (C=O) groups excluding carboxylic acids is 1. The standard InChI is InChI=1S/C16H20N2O4/c19-15(18-7-8-22-10-12(9-18)16(20)21)13-5-1-3-11-4-2-6-17-14(11)13/h1,3,5,12,17H,2,4,6-10H2,(H,20,21). The number of fused-ring (bicyclic) bond motifs is 1. The lowest BCUT2D eigenvalue weighted by molar-refractivity contribution is -0.143. The van der Waals surface area contributed by atoms with Crippen LogP contribution in [0.4, 0.5) is 5.69 Å². The van der Waals surface area contributed by atoms with Gasteiger partial charge in [-0.3, -0.25) is 9.59 Å². The molecule has 0 spiro atoms. The molecule has 6 heteroatoms. The van der Waals surface area contributed by atoms with E-state index in [4.69, 9.17) is 4.74 Å². The normalized spacial score (nSPS) is 21.5. The van der Waals surface area contributed by atoms with E-state index in [1.165, 1.54) is 0 Å². The Hall–Kier alpha value is -2.08. The van der Waals surface area contributed by atoms with Gasteiger partial charge in [-0.25, -0.2) is 0 Å². The molecule has 0 saturated carbocycles. The van der Waals surface area contributed by atoms with Crippen molar-refractivity contribution < 1.29 is 19.4 Å². The maximum Gasteiger partial charge on any atom is 0.310 e. The number of para-hydroxylation sites is 1. The van der Waals surface area contributed by atoms with E-state index in [9.17, 15) is 14.7 Å². The lowest BCUT2D eigenvalue weighted by atomic mass is 9.98. The van der Waals surface area contributed by atoms with Crippen LogP contribution in [0.2, 0.25) is 0 Å². The van der Waals surface area contributed by atoms with Crippen molar-refractivity contribution in [3.8, 4) is 0 Å². The SMILES string of the molecule is O=C(O)C1COCCN(C(=O)c2cccc3c2NCCC3)C1. The van der Waals surface area contributed by atoms with Gasteiger partial charge in [0.05, 0.1) is 30.4 Å². The number of anilines is 1. The lowest BCUT2D eigenvalue weighted by Gasteiger charge is -2.26. The average Bonchev–Trinajstić information content (AvgIpc) is 2.80. The molecule has 1 fully saturated rings.